The third-order valence-corrected chi connectivity index (χ3v) is 3.47. The monoisotopic (exact) mass is 266 g/mol. The minimum absolute atomic E-state index is 0.339. The lowest BCUT2D eigenvalue weighted by atomic mass is 10.1. The number of aromatic nitrogens is 4. The zero-order valence-electron chi connectivity index (χ0n) is 12.3. The molecule has 0 spiro atoms. The van der Waals surface area contributed by atoms with Crippen LogP contribution in [0.5, 0.6) is 0 Å². The molecule has 0 saturated carbocycles. The molecule has 102 valence electrons. The standard InChI is InChI=1S/C16H18N4/c1-10(2)14-13-11(3)19-20(4)16(13)18-15(17-14)12-8-6-5-7-9-12/h5-10H,1-4H3. The first-order chi connectivity index (χ1) is 9.58. The molecule has 0 aliphatic rings. The van der Waals surface area contributed by atoms with Gasteiger partial charge in [-0.25, -0.2) is 9.97 Å². The quantitative estimate of drug-likeness (QED) is 0.713. The van der Waals surface area contributed by atoms with Crippen molar-refractivity contribution in [1.82, 2.24) is 19.7 Å². The molecule has 4 heteroatoms. The second kappa shape index (κ2) is 4.71. The van der Waals surface area contributed by atoms with Gasteiger partial charge in [0.25, 0.3) is 0 Å². The summed E-state index contributed by atoms with van der Waals surface area (Å²) in [4.78, 5) is 9.48. The third-order valence-electron chi connectivity index (χ3n) is 3.47. The Kier molecular flexibility index (Phi) is 3.01. The summed E-state index contributed by atoms with van der Waals surface area (Å²) in [5.41, 5.74) is 4.00. The highest BCUT2D eigenvalue weighted by Crippen LogP contribution is 2.28. The first-order valence-corrected chi connectivity index (χ1v) is 6.84. The van der Waals surface area contributed by atoms with E-state index in [0.717, 1.165) is 33.8 Å². The van der Waals surface area contributed by atoms with Crippen molar-refractivity contribution in [3.05, 3.63) is 41.7 Å². The summed E-state index contributed by atoms with van der Waals surface area (Å²) >= 11 is 0. The number of hydrogen-bond acceptors (Lipinski definition) is 3. The zero-order chi connectivity index (χ0) is 14.3. The highest BCUT2D eigenvalue weighted by atomic mass is 15.3. The first-order valence-electron chi connectivity index (χ1n) is 6.84. The molecule has 4 nitrogen and oxygen atoms in total. The van der Waals surface area contributed by atoms with Crippen LogP contribution < -0.4 is 0 Å². The van der Waals surface area contributed by atoms with Gasteiger partial charge < -0.3 is 0 Å². The second-order valence-corrected chi connectivity index (χ2v) is 5.36. The number of nitrogens with zero attached hydrogens (tertiary/aromatic N) is 4. The molecule has 0 fully saturated rings. The second-order valence-electron chi connectivity index (χ2n) is 5.36. The maximum absolute atomic E-state index is 4.78. The molecule has 0 atom stereocenters. The van der Waals surface area contributed by atoms with Gasteiger partial charge in [0.1, 0.15) is 0 Å². The fourth-order valence-electron chi connectivity index (χ4n) is 2.50. The molecular formula is C16H18N4. The van der Waals surface area contributed by atoms with Gasteiger partial charge in [0.15, 0.2) is 11.5 Å². The Balaban J connectivity index is 2.34. The van der Waals surface area contributed by atoms with E-state index in [2.05, 4.69) is 18.9 Å². The van der Waals surface area contributed by atoms with Crippen molar-refractivity contribution in [2.24, 2.45) is 7.05 Å². The van der Waals surface area contributed by atoms with E-state index < -0.39 is 0 Å². The van der Waals surface area contributed by atoms with E-state index >= 15 is 0 Å². The molecule has 0 aliphatic heterocycles. The molecule has 0 unspecified atom stereocenters. The molecule has 3 aromatic rings. The van der Waals surface area contributed by atoms with Crippen LogP contribution in [-0.4, -0.2) is 19.7 Å². The predicted octanol–water partition coefficient (Wildman–Crippen LogP) is 3.46. The SMILES string of the molecule is Cc1nn(C)c2nc(-c3ccccc3)nc(C(C)C)c12. The molecule has 0 bridgehead atoms. The van der Waals surface area contributed by atoms with Crippen molar-refractivity contribution in [1.29, 1.82) is 0 Å². The normalized spacial score (nSPS) is 11.4. The first kappa shape index (κ1) is 12.8. The Bertz CT molecular complexity index is 757. The lowest BCUT2D eigenvalue weighted by Crippen LogP contribution is -2.01. The molecule has 1 aromatic carbocycles. The van der Waals surface area contributed by atoms with E-state index in [4.69, 9.17) is 9.97 Å². The van der Waals surface area contributed by atoms with Crippen LogP contribution in [0, 0.1) is 6.92 Å². The van der Waals surface area contributed by atoms with Gasteiger partial charge in [-0.15, -0.1) is 0 Å². The van der Waals surface area contributed by atoms with E-state index in [0.29, 0.717) is 5.92 Å². The van der Waals surface area contributed by atoms with Crippen molar-refractivity contribution in [2.45, 2.75) is 26.7 Å². The van der Waals surface area contributed by atoms with Crippen LogP contribution in [0.15, 0.2) is 30.3 Å². The molecule has 2 aromatic heterocycles. The summed E-state index contributed by atoms with van der Waals surface area (Å²) in [5.74, 6) is 1.11. The molecule has 0 aliphatic carbocycles. The van der Waals surface area contributed by atoms with E-state index in [1.54, 1.807) is 0 Å². The Labute approximate surface area is 118 Å². The summed E-state index contributed by atoms with van der Waals surface area (Å²) in [6.45, 7) is 6.33. The van der Waals surface area contributed by atoms with Gasteiger partial charge >= 0.3 is 0 Å². The average molecular weight is 266 g/mol. The fraction of sp³-hybridized carbons (Fsp3) is 0.312. The molecule has 3 rings (SSSR count). The van der Waals surface area contributed by atoms with Gasteiger partial charge in [0, 0.05) is 12.6 Å². The van der Waals surface area contributed by atoms with Gasteiger partial charge in [-0.1, -0.05) is 44.2 Å². The van der Waals surface area contributed by atoms with Crippen LogP contribution >= 0.6 is 0 Å². The summed E-state index contributed by atoms with van der Waals surface area (Å²) < 4.78 is 1.84. The number of hydrogen-bond donors (Lipinski definition) is 0. The molecule has 0 amide bonds. The molecule has 2 heterocycles. The van der Waals surface area contributed by atoms with Gasteiger partial charge in [-0.05, 0) is 12.8 Å². The Morgan fingerprint density at radius 1 is 1.05 bits per heavy atom. The molecular weight excluding hydrogens is 248 g/mol. The summed E-state index contributed by atoms with van der Waals surface area (Å²) in [7, 11) is 1.93. The van der Waals surface area contributed by atoms with Crippen LogP contribution in [0.1, 0.15) is 31.2 Å². The van der Waals surface area contributed by atoms with E-state index in [1.165, 1.54) is 0 Å². The average Bonchev–Trinajstić information content (AvgIpc) is 2.74. The van der Waals surface area contributed by atoms with Gasteiger partial charge in [-0.2, -0.15) is 5.10 Å². The Morgan fingerprint density at radius 3 is 2.40 bits per heavy atom. The van der Waals surface area contributed by atoms with Crippen LogP contribution in [0.4, 0.5) is 0 Å². The van der Waals surface area contributed by atoms with Crippen LogP contribution in [-0.2, 0) is 7.05 Å². The lowest BCUT2D eigenvalue weighted by Gasteiger charge is -2.09. The van der Waals surface area contributed by atoms with Crippen LogP contribution in [0.2, 0.25) is 0 Å². The minimum atomic E-state index is 0.339. The van der Waals surface area contributed by atoms with Crippen molar-refractivity contribution < 1.29 is 0 Å². The van der Waals surface area contributed by atoms with Gasteiger partial charge in [0.2, 0.25) is 0 Å². The van der Waals surface area contributed by atoms with Crippen LogP contribution in [0.25, 0.3) is 22.4 Å². The van der Waals surface area contributed by atoms with Gasteiger partial charge in [-0.3, -0.25) is 4.68 Å². The lowest BCUT2D eigenvalue weighted by molar-refractivity contribution is 0.772. The van der Waals surface area contributed by atoms with Crippen molar-refractivity contribution in [3.8, 4) is 11.4 Å². The van der Waals surface area contributed by atoms with Gasteiger partial charge in [0.05, 0.1) is 16.8 Å². The Morgan fingerprint density at radius 2 is 1.75 bits per heavy atom. The van der Waals surface area contributed by atoms with Crippen molar-refractivity contribution in [3.63, 3.8) is 0 Å². The maximum atomic E-state index is 4.78. The number of rotatable bonds is 2. The number of benzene rings is 1. The minimum Gasteiger partial charge on any atom is -0.250 e. The van der Waals surface area contributed by atoms with E-state index in [9.17, 15) is 0 Å². The number of aryl methyl sites for hydroxylation is 2. The maximum Gasteiger partial charge on any atom is 0.162 e. The predicted molar refractivity (Wildman–Crippen MR) is 80.6 cm³/mol. The highest BCUT2D eigenvalue weighted by molar-refractivity contribution is 5.83. The highest BCUT2D eigenvalue weighted by Gasteiger charge is 2.17. The topological polar surface area (TPSA) is 43.6 Å². The molecule has 0 N–H and O–H groups in total. The largest absolute Gasteiger partial charge is 0.250 e. The van der Waals surface area contributed by atoms with Crippen molar-refractivity contribution in [2.75, 3.05) is 0 Å². The van der Waals surface area contributed by atoms with Crippen molar-refractivity contribution >= 4 is 11.0 Å². The number of fused-ring (bicyclic) bond motifs is 1. The van der Waals surface area contributed by atoms with E-state index in [-0.39, 0.29) is 0 Å². The fourth-order valence-corrected chi connectivity index (χ4v) is 2.50. The third kappa shape index (κ3) is 1.97. The Hall–Kier alpha value is -2.23. The summed E-state index contributed by atoms with van der Waals surface area (Å²) in [6.07, 6.45) is 0. The molecule has 0 saturated heterocycles. The molecule has 20 heavy (non-hydrogen) atoms. The summed E-state index contributed by atoms with van der Waals surface area (Å²) in [5, 5.41) is 5.57. The zero-order valence-corrected chi connectivity index (χ0v) is 12.3. The molecule has 0 radical (unpaired) electrons. The summed E-state index contributed by atoms with van der Waals surface area (Å²) in [6, 6.07) is 10.1. The smallest absolute Gasteiger partial charge is 0.162 e. The van der Waals surface area contributed by atoms with Crippen LogP contribution in [0.3, 0.4) is 0 Å². The van der Waals surface area contributed by atoms with E-state index in [1.807, 2.05) is 49.0 Å².